The summed E-state index contributed by atoms with van der Waals surface area (Å²) in [4.78, 5) is 26.0. The highest BCUT2D eigenvalue weighted by molar-refractivity contribution is 5.87. The van der Waals surface area contributed by atoms with Gasteiger partial charge in [-0.15, -0.1) is 0 Å². The van der Waals surface area contributed by atoms with Crippen LogP contribution in [0.2, 0.25) is 0 Å². The number of aryl methyl sites for hydroxylation is 2. The van der Waals surface area contributed by atoms with E-state index in [9.17, 15) is 9.59 Å². The number of hydrogen-bond acceptors (Lipinski definition) is 2. The van der Waals surface area contributed by atoms with E-state index in [2.05, 4.69) is 36.5 Å². The largest absolute Gasteiger partial charge is 0.344 e. The van der Waals surface area contributed by atoms with Crippen molar-refractivity contribution >= 4 is 11.8 Å². The molecule has 138 valence electrons. The fraction of sp³-hybridized carbons (Fsp3) is 0.619. The molecule has 25 heavy (non-hydrogen) atoms. The van der Waals surface area contributed by atoms with Crippen molar-refractivity contribution in [1.29, 1.82) is 0 Å². The highest BCUT2D eigenvalue weighted by Gasteiger charge is 2.30. The summed E-state index contributed by atoms with van der Waals surface area (Å²) < 4.78 is 0. The normalized spacial score (nSPS) is 16.8. The lowest BCUT2D eigenvalue weighted by Gasteiger charge is -2.35. The summed E-state index contributed by atoms with van der Waals surface area (Å²) in [5.41, 5.74) is 2.70. The van der Waals surface area contributed by atoms with Crippen LogP contribution in [0, 0.1) is 18.8 Å². The van der Waals surface area contributed by atoms with Crippen LogP contribution in [0.4, 0.5) is 0 Å². The van der Waals surface area contributed by atoms with Gasteiger partial charge in [0.1, 0.15) is 6.04 Å². The van der Waals surface area contributed by atoms with Crippen LogP contribution < -0.4 is 5.32 Å². The molecule has 0 aromatic heterocycles. The van der Waals surface area contributed by atoms with Crippen molar-refractivity contribution in [3.05, 3.63) is 35.4 Å². The van der Waals surface area contributed by atoms with Crippen LogP contribution in [-0.2, 0) is 16.0 Å². The van der Waals surface area contributed by atoms with E-state index in [0.717, 1.165) is 32.4 Å². The average molecular weight is 344 g/mol. The summed E-state index contributed by atoms with van der Waals surface area (Å²) in [5.74, 6) is 0.724. The number of piperidine rings is 1. The summed E-state index contributed by atoms with van der Waals surface area (Å²) in [6, 6.07) is 8.38. The summed E-state index contributed by atoms with van der Waals surface area (Å²) in [6.07, 6.45) is 4.41. The van der Waals surface area contributed by atoms with Gasteiger partial charge in [0.25, 0.3) is 0 Å². The van der Waals surface area contributed by atoms with Gasteiger partial charge in [0.05, 0.1) is 0 Å². The van der Waals surface area contributed by atoms with Crippen LogP contribution in [0.5, 0.6) is 0 Å². The molecule has 0 aliphatic carbocycles. The van der Waals surface area contributed by atoms with E-state index in [1.807, 2.05) is 18.7 Å². The van der Waals surface area contributed by atoms with Crippen LogP contribution >= 0.6 is 0 Å². The summed E-state index contributed by atoms with van der Waals surface area (Å²) in [7, 11) is 0. The van der Waals surface area contributed by atoms with Gasteiger partial charge >= 0.3 is 0 Å². The van der Waals surface area contributed by atoms with E-state index < -0.39 is 6.04 Å². The SMILES string of the molecule is CC(=O)NC(C(=O)N1CCC(CCc2ccc(C)cc2)CC1)C(C)C. The van der Waals surface area contributed by atoms with Crippen LogP contribution in [0.25, 0.3) is 0 Å². The predicted molar refractivity (Wildman–Crippen MR) is 101 cm³/mol. The zero-order valence-electron chi connectivity index (χ0n) is 16.0. The van der Waals surface area contributed by atoms with Crippen LogP contribution in [0.3, 0.4) is 0 Å². The van der Waals surface area contributed by atoms with Gasteiger partial charge in [-0.1, -0.05) is 43.7 Å². The molecule has 0 saturated carbocycles. The number of hydrogen-bond donors (Lipinski definition) is 1. The van der Waals surface area contributed by atoms with Gasteiger partial charge < -0.3 is 10.2 Å². The molecule has 1 N–H and O–H groups in total. The average Bonchev–Trinajstić information content (AvgIpc) is 2.59. The first-order valence-electron chi connectivity index (χ1n) is 9.48. The van der Waals surface area contributed by atoms with Gasteiger partial charge in [0.2, 0.25) is 11.8 Å². The number of rotatable bonds is 6. The van der Waals surface area contributed by atoms with Crippen molar-refractivity contribution in [2.45, 2.75) is 59.4 Å². The van der Waals surface area contributed by atoms with Crippen LogP contribution in [0.1, 0.15) is 51.2 Å². The second-order valence-corrected chi connectivity index (χ2v) is 7.72. The number of nitrogens with zero attached hydrogens (tertiary/aromatic N) is 1. The lowest BCUT2D eigenvalue weighted by Crippen LogP contribution is -2.52. The molecule has 4 heteroatoms. The molecule has 1 saturated heterocycles. The Balaban J connectivity index is 1.80. The van der Waals surface area contributed by atoms with Gasteiger partial charge in [-0.05, 0) is 50.0 Å². The molecule has 1 heterocycles. The van der Waals surface area contributed by atoms with Gasteiger partial charge in [0, 0.05) is 20.0 Å². The van der Waals surface area contributed by atoms with Gasteiger partial charge in [-0.2, -0.15) is 0 Å². The first-order valence-corrected chi connectivity index (χ1v) is 9.48. The second-order valence-electron chi connectivity index (χ2n) is 7.72. The van der Waals surface area contributed by atoms with E-state index in [0.29, 0.717) is 5.92 Å². The molecule has 1 aromatic rings. The molecular weight excluding hydrogens is 312 g/mol. The molecule has 4 nitrogen and oxygen atoms in total. The Kier molecular flexibility index (Phi) is 7.03. The molecule has 0 spiro atoms. The Hall–Kier alpha value is -1.84. The van der Waals surface area contributed by atoms with Crippen LogP contribution in [-0.4, -0.2) is 35.8 Å². The topological polar surface area (TPSA) is 49.4 Å². The highest BCUT2D eigenvalue weighted by Crippen LogP contribution is 2.23. The number of amides is 2. The lowest BCUT2D eigenvalue weighted by molar-refractivity contribution is -0.138. The monoisotopic (exact) mass is 344 g/mol. The van der Waals surface area contributed by atoms with E-state index in [4.69, 9.17) is 0 Å². The van der Waals surface area contributed by atoms with E-state index >= 15 is 0 Å². The van der Waals surface area contributed by atoms with Gasteiger partial charge in [-0.25, -0.2) is 0 Å². The number of carbonyl (C=O) groups is 2. The lowest BCUT2D eigenvalue weighted by atomic mass is 9.89. The highest BCUT2D eigenvalue weighted by atomic mass is 16.2. The summed E-state index contributed by atoms with van der Waals surface area (Å²) >= 11 is 0. The zero-order chi connectivity index (χ0) is 18.4. The minimum absolute atomic E-state index is 0.0715. The molecule has 1 fully saturated rings. The Morgan fingerprint density at radius 1 is 1.16 bits per heavy atom. The Morgan fingerprint density at radius 2 is 1.76 bits per heavy atom. The molecule has 0 bridgehead atoms. The van der Waals surface area contributed by atoms with Gasteiger partial charge in [0.15, 0.2) is 0 Å². The van der Waals surface area contributed by atoms with Crippen molar-refractivity contribution in [3.63, 3.8) is 0 Å². The molecule has 1 atom stereocenters. The fourth-order valence-corrected chi connectivity index (χ4v) is 3.50. The molecule has 2 amide bonds. The molecular formula is C21H32N2O2. The molecule has 1 aliphatic rings. The Bertz CT molecular complexity index is 572. The summed E-state index contributed by atoms with van der Waals surface area (Å²) in [5, 5.41) is 2.81. The van der Waals surface area contributed by atoms with E-state index in [1.165, 1.54) is 24.5 Å². The van der Waals surface area contributed by atoms with E-state index in [-0.39, 0.29) is 17.7 Å². The maximum Gasteiger partial charge on any atom is 0.245 e. The molecule has 0 radical (unpaired) electrons. The third-order valence-corrected chi connectivity index (χ3v) is 5.18. The first kappa shape index (κ1) is 19.5. The maximum atomic E-state index is 12.7. The first-order chi connectivity index (χ1) is 11.9. The van der Waals surface area contributed by atoms with Gasteiger partial charge in [-0.3, -0.25) is 9.59 Å². The molecule has 1 aliphatic heterocycles. The Labute approximate surface area is 152 Å². The van der Waals surface area contributed by atoms with Crippen molar-refractivity contribution in [2.24, 2.45) is 11.8 Å². The summed E-state index contributed by atoms with van der Waals surface area (Å²) in [6.45, 7) is 9.15. The number of nitrogens with one attached hydrogen (secondary N) is 1. The fourth-order valence-electron chi connectivity index (χ4n) is 3.50. The quantitative estimate of drug-likeness (QED) is 0.860. The third kappa shape index (κ3) is 5.87. The smallest absolute Gasteiger partial charge is 0.245 e. The predicted octanol–water partition coefficient (Wildman–Crippen LogP) is 3.33. The standard InChI is InChI=1S/C21H32N2O2/c1-15(2)20(22-17(4)24)21(25)23-13-11-19(12-14-23)10-9-18-7-5-16(3)6-8-18/h5-8,15,19-20H,9-14H2,1-4H3,(H,22,24). The van der Waals surface area contributed by atoms with Crippen molar-refractivity contribution in [2.75, 3.05) is 13.1 Å². The second kappa shape index (κ2) is 9.02. The van der Waals surface area contributed by atoms with Crippen LogP contribution in [0.15, 0.2) is 24.3 Å². The maximum absolute atomic E-state index is 12.7. The molecule has 1 unspecified atom stereocenters. The molecule has 1 aromatic carbocycles. The molecule has 2 rings (SSSR count). The van der Waals surface area contributed by atoms with Crippen molar-refractivity contribution in [3.8, 4) is 0 Å². The zero-order valence-corrected chi connectivity index (χ0v) is 16.0. The number of benzene rings is 1. The number of carbonyl (C=O) groups excluding carboxylic acids is 2. The third-order valence-electron chi connectivity index (χ3n) is 5.18. The van der Waals surface area contributed by atoms with Crippen molar-refractivity contribution in [1.82, 2.24) is 10.2 Å². The van der Waals surface area contributed by atoms with E-state index in [1.54, 1.807) is 0 Å². The minimum atomic E-state index is -0.401. The minimum Gasteiger partial charge on any atom is -0.344 e. The number of likely N-dealkylation sites (tertiary alicyclic amines) is 1. The van der Waals surface area contributed by atoms with Crippen molar-refractivity contribution < 1.29 is 9.59 Å². The Morgan fingerprint density at radius 3 is 2.28 bits per heavy atom.